The van der Waals surface area contributed by atoms with Crippen molar-refractivity contribution in [3.8, 4) is 0 Å². The molecule has 5 heteroatoms. The molecular formula is C26H26ClN3O. The largest absolute Gasteiger partial charge is 0.353 e. The van der Waals surface area contributed by atoms with E-state index in [0.717, 1.165) is 40.4 Å². The number of nitrogens with zero attached hydrogens (tertiary/aromatic N) is 2. The minimum Gasteiger partial charge on any atom is -0.353 e. The van der Waals surface area contributed by atoms with E-state index in [-0.39, 0.29) is 5.91 Å². The molecule has 3 heterocycles. The highest BCUT2D eigenvalue weighted by Gasteiger charge is 2.34. The number of nitrogens with one attached hydrogen (secondary N) is 1. The van der Waals surface area contributed by atoms with E-state index in [4.69, 9.17) is 16.6 Å². The van der Waals surface area contributed by atoms with Crippen LogP contribution >= 0.6 is 11.6 Å². The predicted molar refractivity (Wildman–Crippen MR) is 129 cm³/mol. The Balaban J connectivity index is 1.33. The third kappa shape index (κ3) is 4.31. The summed E-state index contributed by atoms with van der Waals surface area (Å²) in [7, 11) is 0. The number of carbonyl (C=O) groups is 1. The molecule has 31 heavy (non-hydrogen) atoms. The first-order valence-corrected chi connectivity index (χ1v) is 11.4. The van der Waals surface area contributed by atoms with Gasteiger partial charge < -0.3 is 10.2 Å². The quantitative estimate of drug-likeness (QED) is 0.498. The molecule has 6 rings (SSSR count). The maximum absolute atomic E-state index is 12.3. The van der Waals surface area contributed by atoms with Gasteiger partial charge in [0.2, 0.25) is 5.91 Å². The van der Waals surface area contributed by atoms with Gasteiger partial charge in [0.1, 0.15) is 5.82 Å². The minimum absolute atomic E-state index is 0.167. The van der Waals surface area contributed by atoms with E-state index in [1.54, 1.807) is 18.2 Å². The second-order valence-electron chi connectivity index (χ2n) is 8.74. The Labute approximate surface area is 187 Å². The molecule has 2 aromatic carbocycles. The second kappa shape index (κ2) is 8.35. The zero-order valence-electron chi connectivity index (χ0n) is 17.6. The van der Waals surface area contributed by atoms with Crippen molar-refractivity contribution in [3.63, 3.8) is 0 Å². The van der Waals surface area contributed by atoms with Crippen molar-refractivity contribution in [1.82, 2.24) is 4.98 Å². The lowest BCUT2D eigenvalue weighted by molar-refractivity contribution is -0.111. The molecule has 2 aliphatic heterocycles. The molecule has 4 nitrogen and oxygen atoms in total. The summed E-state index contributed by atoms with van der Waals surface area (Å²) in [5, 5.41) is 4.67. The number of pyridine rings is 1. The Morgan fingerprint density at radius 2 is 1.87 bits per heavy atom. The molecule has 3 aliphatic rings. The van der Waals surface area contributed by atoms with Crippen LogP contribution in [0.4, 0.5) is 11.5 Å². The van der Waals surface area contributed by atoms with Gasteiger partial charge in [-0.2, -0.15) is 0 Å². The number of aryl methyl sites for hydroxylation is 1. The Kier molecular flexibility index (Phi) is 5.41. The van der Waals surface area contributed by atoms with Gasteiger partial charge in [-0.05, 0) is 92.1 Å². The lowest BCUT2D eigenvalue weighted by Gasteiger charge is -2.46. The zero-order valence-corrected chi connectivity index (χ0v) is 18.4. The van der Waals surface area contributed by atoms with Gasteiger partial charge in [0.15, 0.2) is 0 Å². The smallest absolute Gasteiger partial charge is 0.248 e. The standard InChI is InChI=1S/C26H26ClN3O/c1-17-14-20-15-22(28-25(31)13-6-18-2-7-21(27)8-3-18)9-12-24(20)29-26(17)30-16-19-4-10-23(30)11-5-19/h2-3,6-9,12-15,19,23H,4-5,10-11,16H2,1H3,(H,28,31). The highest BCUT2D eigenvalue weighted by molar-refractivity contribution is 6.30. The number of benzene rings is 2. The van der Waals surface area contributed by atoms with Crippen molar-refractivity contribution < 1.29 is 4.79 Å². The number of hydrogen-bond acceptors (Lipinski definition) is 3. The summed E-state index contributed by atoms with van der Waals surface area (Å²) in [4.78, 5) is 19.9. The lowest BCUT2D eigenvalue weighted by Crippen LogP contribution is -2.48. The van der Waals surface area contributed by atoms with Gasteiger partial charge >= 0.3 is 0 Å². The van der Waals surface area contributed by atoms with Gasteiger partial charge in [0.05, 0.1) is 5.52 Å². The number of carbonyl (C=O) groups excluding carboxylic acids is 1. The molecule has 0 radical (unpaired) electrons. The van der Waals surface area contributed by atoms with Crippen LogP contribution in [0.5, 0.6) is 0 Å². The van der Waals surface area contributed by atoms with E-state index in [2.05, 4.69) is 23.2 Å². The first kappa shape index (κ1) is 20.1. The molecule has 0 atom stereocenters. The number of aromatic nitrogens is 1. The number of fused-ring (bicyclic) bond motifs is 4. The molecule has 1 amide bonds. The molecule has 1 aromatic heterocycles. The maximum Gasteiger partial charge on any atom is 0.248 e. The van der Waals surface area contributed by atoms with Crippen molar-refractivity contribution in [2.75, 3.05) is 16.8 Å². The van der Waals surface area contributed by atoms with E-state index in [1.807, 2.05) is 30.3 Å². The molecule has 0 spiro atoms. The fourth-order valence-corrected chi connectivity index (χ4v) is 5.02. The summed E-state index contributed by atoms with van der Waals surface area (Å²) in [6.45, 7) is 3.28. The van der Waals surface area contributed by atoms with E-state index in [9.17, 15) is 4.79 Å². The van der Waals surface area contributed by atoms with Crippen LogP contribution in [0.2, 0.25) is 5.02 Å². The topological polar surface area (TPSA) is 45.2 Å². The van der Waals surface area contributed by atoms with Gasteiger partial charge in [0.25, 0.3) is 0 Å². The summed E-state index contributed by atoms with van der Waals surface area (Å²) in [6, 6.07) is 16.1. The fourth-order valence-electron chi connectivity index (χ4n) is 4.90. The average Bonchev–Trinajstić information content (AvgIpc) is 2.79. The molecule has 0 unspecified atom stereocenters. The van der Waals surface area contributed by atoms with Crippen LogP contribution < -0.4 is 10.2 Å². The molecule has 2 bridgehead atoms. The Hall–Kier alpha value is -2.85. The van der Waals surface area contributed by atoms with Crippen molar-refractivity contribution in [2.24, 2.45) is 5.92 Å². The molecule has 1 saturated carbocycles. The third-order valence-corrected chi connectivity index (χ3v) is 6.78. The number of halogens is 1. The summed E-state index contributed by atoms with van der Waals surface area (Å²) in [5.41, 5.74) is 3.86. The molecule has 2 saturated heterocycles. The Morgan fingerprint density at radius 3 is 2.58 bits per heavy atom. The normalized spacial score (nSPS) is 20.5. The van der Waals surface area contributed by atoms with E-state index >= 15 is 0 Å². The van der Waals surface area contributed by atoms with Crippen LogP contribution in [-0.2, 0) is 4.79 Å². The summed E-state index contributed by atoms with van der Waals surface area (Å²) in [6.07, 6.45) is 8.62. The molecule has 1 N–H and O–H groups in total. The number of anilines is 2. The first-order valence-electron chi connectivity index (χ1n) is 11.0. The van der Waals surface area contributed by atoms with Gasteiger partial charge in [-0.15, -0.1) is 0 Å². The van der Waals surface area contributed by atoms with Crippen LogP contribution in [0.1, 0.15) is 36.8 Å². The number of rotatable bonds is 4. The zero-order chi connectivity index (χ0) is 21.4. The van der Waals surface area contributed by atoms with E-state index in [1.165, 1.54) is 37.3 Å². The number of piperidine rings is 2. The fraction of sp³-hybridized carbons (Fsp3) is 0.308. The number of amides is 1. The van der Waals surface area contributed by atoms with Gasteiger partial charge in [0, 0.05) is 34.8 Å². The Morgan fingerprint density at radius 1 is 1.10 bits per heavy atom. The van der Waals surface area contributed by atoms with Gasteiger partial charge in [-0.25, -0.2) is 4.98 Å². The minimum atomic E-state index is -0.167. The Bertz CT molecular complexity index is 1150. The highest BCUT2D eigenvalue weighted by atomic mass is 35.5. The van der Waals surface area contributed by atoms with E-state index in [0.29, 0.717) is 11.1 Å². The highest BCUT2D eigenvalue weighted by Crippen LogP contribution is 2.38. The molecule has 158 valence electrons. The van der Waals surface area contributed by atoms with Crippen LogP contribution in [0.25, 0.3) is 17.0 Å². The van der Waals surface area contributed by atoms with Crippen molar-refractivity contribution in [1.29, 1.82) is 0 Å². The maximum atomic E-state index is 12.3. The SMILES string of the molecule is Cc1cc2cc(NC(=O)C=Cc3ccc(Cl)cc3)ccc2nc1N1CC2CCC1CC2. The summed E-state index contributed by atoms with van der Waals surface area (Å²) in [5.74, 6) is 1.78. The first-order chi connectivity index (χ1) is 15.0. The summed E-state index contributed by atoms with van der Waals surface area (Å²) < 4.78 is 0. The van der Waals surface area contributed by atoms with Crippen molar-refractivity contribution in [3.05, 3.63) is 70.8 Å². The summed E-state index contributed by atoms with van der Waals surface area (Å²) >= 11 is 5.90. The second-order valence-corrected chi connectivity index (χ2v) is 9.17. The monoisotopic (exact) mass is 431 g/mol. The van der Waals surface area contributed by atoms with Crippen molar-refractivity contribution >= 4 is 46.0 Å². The van der Waals surface area contributed by atoms with E-state index < -0.39 is 0 Å². The lowest BCUT2D eigenvalue weighted by atomic mass is 9.80. The van der Waals surface area contributed by atoms with Crippen LogP contribution in [0.3, 0.4) is 0 Å². The van der Waals surface area contributed by atoms with Crippen LogP contribution in [-0.4, -0.2) is 23.5 Å². The van der Waals surface area contributed by atoms with Gasteiger partial charge in [-0.1, -0.05) is 23.7 Å². The molecular weight excluding hydrogens is 406 g/mol. The van der Waals surface area contributed by atoms with Crippen LogP contribution in [0, 0.1) is 12.8 Å². The third-order valence-electron chi connectivity index (χ3n) is 6.53. The average molecular weight is 432 g/mol. The molecule has 3 aromatic rings. The van der Waals surface area contributed by atoms with Gasteiger partial charge in [-0.3, -0.25) is 4.79 Å². The predicted octanol–water partition coefficient (Wildman–Crippen LogP) is 6.23. The molecule has 3 fully saturated rings. The molecule has 1 aliphatic carbocycles. The van der Waals surface area contributed by atoms with Crippen molar-refractivity contribution in [2.45, 2.75) is 38.6 Å². The van der Waals surface area contributed by atoms with Crippen LogP contribution in [0.15, 0.2) is 54.6 Å². The number of hydrogen-bond donors (Lipinski definition) is 1.